The topological polar surface area (TPSA) is 59.8 Å². The normalized spacial score (nSPS) is 16.4. The molecule has 5 nitrogen and oxygen atoms in total. The van der Waals surface area contributed by atoms with Gasteiger partial charge in [0.15, 0.2) is 5.76 Å². The fourth-order valence-corrected chi connectivity index (χ4v) is 3.52. The minimum Gasteiger partial charge on any atom is -0.467 e. The van der Waals surface area contributed by atoms with E-state index >= 15 is 0 Å². The van der Waals surface area contributed by atoms with Crippen molar-refractivity contribution in [1.82, 2.24) is 4.90 Å². The zero-order valence-electron chi connectivity index (χ0n) is 14.1. The molecule has 0 aliphatic carbocycles. The molecule has 1 unspecified atom stereocenters. The third-order valence-corrected chi connectivity index (χ3v) is 4.91. The second kappa shape index (κ2) is 6.50. The molecule has 0 saturated carbocycles. The van der Waals surface area contributed by atoms with Crippen molar-refractivity contribution in [2.45, 2.75) is 19.0 Å². The molecule has 3 aromatic rings. The predicted molar refractivity (Wildman–Crippen MR) is 97.0 cm³/mol. The average molecular weight is 370 g/mol. The largest absolute Gasteiger partial charge is 0.467 e. The summed E-state index contributed by atoms with van der Waals surface area (Å²) >= 11 is 6.00. The summed E-state index contributed by atoms with van der Waals surface area (Å²) in [6.07, 6.45) is 0.417. The quantitative estimate of drug-likeness (QED) is 0.644. The summed E-state index contributed by atoms with van der Waals surface area (Å²) in [6.45, 7) is 0.326. The van der Waals surface area contributed by atoms with Gasteiger partial charge in [-0.15, -0.1) is 0 Å². The highest BCUT2D eigenvalue weighted by atomic mass is 35.5. The number of halogens is 1. The van der Waals surface area contributed by atoms with Crippen LogP contribution >= 0.6 is 11.6 Å². The maximum Gasteiger partial charge on any atom is 0.328 e. The lowest BCUT2D eigenvalue weighted by molar-refractivity contribution is -0.146. The average Bonchev–Trinajstić information content (AvgIpc) is 3.08. The number of hydrogen-bond donors (Lipinski definition) is 0. The van der Waals surface area contributed by atoms with Crippen LogP contribution in [-0.2, 0) is 22.5 Å². The van der Waals surface area contributed by atoms with Crippen LogP contribution in [0.25, 0.3) is 11.0 Å². The first-order valence-electron chi connectivity index (χ1n) is 8.21. The van der Waals surface area contributed by atoms with Crippen LogP contribution in [0.4, 0.5) is 0 Å². The van der Waals surface area contributed by atoms with Crippen molar-refractivity contribution < 1.29 is 18.7 Å². The number of carbonyl (C=O) groups excluding carboxylic acids is 2. The Kier molecular flexibility index (Phi) is 4.17. The first-order valence-corrected chi connectivity index (χ1v) is 8.59. The fraction of sp³-hybridized carbons (Fsp3) is 0.200. The van der Waals surface area contributed by atoms with E-state index in [4.69, 9.17) is 20.8 Å². The molecule has 0 radical (unpaired) electrons. The smallest absolute Gasteiger partial charge is 0.328 e. The minimum atomic E-state index is -0.681. The molecule has 4 rings (SSSR count). The summed E-state index contributed by atoms with van der Waals surface area (Å²) in [4.78, 5) is 26.9. The Morgan fingerprint density at radius 1 is 1.15 bits per heavy atom. The van der Waals surface area contributed by atoms with Gasteiger partial charge in [0, 0.05) is 23.4 Å². The molecule has 0 spiro atoms. The van der Waals surface area contributed by atoms with Crippen LogP contribution in [0.1, 0.15) is 21.7 Å². The molecule has 26 heavy (non-hydrogen) atoms. The molecule has 1 aliphatic rings. The lowest BCUT2D eigenvalue weighted by Gasteiger charge is -2.34. The van der Waals surface area contributed by atoms with E-state index in [1.165, 1.54) is 12.0 Å². The number of nitrogens with zero attached hydrogens (tertiary/aromatic N) is 1. The molecule has 0 fully saturated rings. The molecular formula is C20H16ClNO4. The Labute approximate surface area is 155 Å². The number of fused-ring (bicyclic) bond motifs is 2. The summed E-state index contributed by atoms with van der Waals surface area (Å²) in [5.74, 6) is -0.607. The molecule has 1 atom stereocenters. The third-order valence-electron chi connectivity index (χ3n) is 4.67. The Hall–Kier alpha value is -2.79. The monoisotopic (exact) mass is 369 g/mol. The third kappa shape index (κ3) is 2.84. The highest BCUT2D eigenvalue weighted by Gasteiger charge is 2.36. The number of rotatable bonds is 2. The van der Waals surface area contributed by atoms with Crippen molar-refractivity contribution in [3.63, 3.8) is 0 Å². The van der Waals surface area contributed by atoms with Crippen molar-refractivity contribution in [3.8, 4) is 0 Å². The van der Waals surface area contributed by atoms with E-state index in [0.29, 0.717) is 23.6 Å². The zero-order chi connectivity index (χ0) is 18.3. The SMILES string of the molecule is COC(=O)C1Cc2ccccc2CN1C(=O)c1cc2cc(Cl)ccc2o1. The Morgan fingerprint density at radius 3 is 2.69 bits per heavy atom. The van der Waals surface area contributed by atoms with Gasteiger partial charge in [0.25, 0.3) is 5.91 Å². The number of benzene rings is 2. The summed E-state index contributed by atoms with van der Waals surface area (Å²) in [5, 5.41) is 1.31. The molecule has 0 bridgehead atoms. The highest BCUT2D eigenvalue weighted by Crippen LogP contribution is 2.28. The second-order valence-corrected chi connectivity index (χ2v) is 6.67. The van der Waals surface area contributed by atoms with Crippen molar-refractivity contribution in [2.75, 3.05) is 7.11 Å². The minimum absolute atomic E-state index is 0.176. The second-order valence-electron chi connectivity index (χ2n) is 6.24. The van der Waals surface area contributed by atoms with Gasteiger partial charge in [-0.05, 0) is 35.4 Å². The molecule has 132 valence electrons. The maximum absolute atomic E-state index is 13.1. The van der Waals surface area contributed by atoms with Gasteiger partial charge in [-0.1, -0.05) is 35.9 Å². The van der Waals surface area contributed by atoms with E-state index in [1.807, 2.05) is 24.3 Å². The van der Waals surface area contributed by atoms with Crippen LogP contribution < -0.4 is 0 Å². The van der Waals surface area contributed by atoms with Crippen molar-refractivity contribution >= 4 is 34.4 Å². The molecule has 0 saturated heterocycles. The van der Waals surface area contributed by atoms with Crippen molar-refractivity contribution in [1.29, 1.82) is 0 Å². The van der Waals surface area contributed by atoms with Gasteiger partial charge in [0.2, 0.25) is 0 Å². The van der Waals surface area contributed by atoms with E-state index in [-0.39, 0.29) is 11.7 Å². The Bertz CT molecular complexity index is 1010. The number of ether oxygens (including phenoxy) is 1. The summed E-state index contributed by atoms with van der Waals surface area (Å²) < 4.78 is 10.6. The van der Waals surface area contributed by atoms with Gasteiger partial charge in [-0.25, -0.2) is 4.79 Å². The lowest BCUT2D eigenvalue weighted by Crippen LogP contribution is -2.49. The van der Waals surface area contributed by atoms with Crippen molar-refractivity contribution in [2.24, 2.45) is 0 Å². The molecule has 1 aromatic heterocycles. The molecule has 6 heteroatoms. The van der Waals surface area contributed by atoms with Crippen LogP contribution in [0.3, 0.4) is 0 Å². The van der Waals surface area contributed by atoms with Crippen molar-refractivity contribution in [3.05, 3.63) is 70.4 Å². The molecule has 2 heterocycles. The first kappa shape index (κ1) is 16.7. The first-order chi connectivity index (χ1) is 12.6. The van der Waals surface area contributed by atoms with Gasteiger partial charge < -0.3 is 14.1 Å². The molecule has 1 amide bonds. The standard InChI is InChI=1S/C20H16ClNO4/c1-25-20(24)16-9-12-4-2-3-5-13(12)11-22(16)19(23)18-10-14-8-15(21)6-7-17(14)26-18/h2-8,10,16H,9,11H2,1H3. The van der Waals surface area contributed by atoms with Crippen LogP contribution in [0.15, 0.2) is 52.9 Å². The molecule has 2 aromatic carbocycles. The molecular weight excluding hydrogens is 354 g/mol. The summed E-state index contributed by atoms with van der Waals surface area (Å²) in [6, 6.07) is 13.9. The van der Waals surface area contributed by atoms with Gasteiger partial charge in [0.05, 0.1) is 7.11 Å². The highest BCUT2D eigenvalue weighted by molar-refractivity contribution is 6.31. The van der Waals surface area contributed by atoms with Gasteiger partial charge in [0.1, 0.15) is 11.6 Å². The lowest BCUT2D eigenvalue weighted by atomic mass is 9.93. The summed E-state index contributed by atoms with van der Waals surface area (Å²) in [7, 11) is 1.33. The number of methoxy groups -OCH3 is 1. The number of hydrogen-bond acceptors (Lipinski definition) is 4. The number of amides is 1. The van der Waals surface area contributed by atoms with Gasteiger partial charge in [-0.2, -0.15) is 0 Å². The number of carbonyl (C=O) groups is 2. The van der Waals surface area contributed by atoms with Crippen LogP contribution in [0, 0.1) is 0 Å². The number of esters is 1. The van der Waals surface area contributed by atoms with Crippen LogP contribution in [0.5, 0.6) is 0 Å². The molecule has 1 aliphatic heterocycles. The van der Waals surface area contributed by atoms with E-state index in [0.717, 1.165) is 16.5 Å². The predicted octanol–water partition coefficient (Wildman–Crippen LogP) is 3.83. The zero-order valence-corrected chi connectivity index (χ0v) is 14.8. The fourth-order valence-electron chi connectivity index (χ4n) is 3.34. The summed E-state index contributed by atoms with van der Waals surface area (Å²) in [5.41, 5.74) is 2.63. The maximum atomic E-state index is 13.1. The van der Waals surface area contributed by atoms with Crippen LogP contribution in [0.2, 0.25) is 5.02 Å². The van der Waals surface area contributed by atoms with E-state index < -0.39 is 12.0 Å². The van der Waals surface area contributed by atoms with E-state index in [1.54, 1.807) is 24.3 Å². The molecule has 0 N–H and O–H groups in total. The van der Waals surface area contributed by atoms with E-state index in [2.05, 4.69) is 0 Å². The number of furan rings is 1. The van der Waals surface area contributed by atoms with Crippen LogP contribution in [-0.4, -0.2) is 29.9 Å². The Morgan fingerprint density at radius 2 is 1.92 bits per heavy atom. The van der Waals surface area contributed by atoms with Gasteiger partial charge >= 0.3 is 5.97 Å². The van der Waals surface area contributed by atoms with Gasteiger partial charge in [-0.3, -0.25) is 4.79 Å². The van der Waals surface area contributed by atoms with E-state index in [9.17, 15) is 9.59 Å². The Balaban J connectivity index is 1.72.